The molecule has 0 bridgehead atoms. The Morgan fingerprint density at radius 3 is 2.55 bits per heavy atom. The summed E-state index contributed by atoms with van der Waals surface area (Å²) >= 11 is 0. The predicted molar refractivity (Wildman–Crippen MR) is 79.3 cm³/mol. The number of amides is 2. The van der Waals surface area contributed by atoms with Gasteiger partial charge in [-0.1, -0.05) is 38.0 Å². The van der Waals surface area contributed by atoms with Crippen molar-refractivity contribution in [3.8, 4) is 0 Å². The number of nitrogens with two attached hydrogens (primary N) is 1. The molecule has 4 N–H and O–H groups in total. The van der Waals surface area contributed by atoms with Crippen LogP contribution >= 0.6 is 0 Å². The van der Waals surface area contributed by atoms with Crippen molar-refractivity contribution in [1.29, 1.82) is 0 Å². The van der Waals surface area contributed by atoms with Crippen LogP contribution in [0.2, 0.25) is 0 Å². The van der Waals surface area contributed by atoms with Crippen LogP contribution in [0, 0.1) is 0 Å². The van der Waals surface area contributed by atoms with Gasteiger partial charge >= 0.3 is 0 Å². The molecule has 0 aliphatic rings. The Kier molecular flexibility index (Phi) is 7.35. The summed E-state index contributed by atoms with van der Waals surface area (Å²) in [4.78, 5) is 23.5. The fourth-order valence-corrected chi connectivity index (χ4v) is 1.83. The van der Waals surface area contributed by atoms with Gasteiger partial charge in [0.25, 0.3) is 5.91 Å². The molecule has 1 rings (SSSR count). The number of benzene rings is 1. The first-order valence-corrected chi connectivity index (χ1v) is 7.00. The summed E-state index contributed by atoms with van der Waals surface area (Å²) in [5.41, 5.74) is 6.15. The van der Waals surface area contributed by atoms with Crippen LogP contribution in [0.25, 0.3) is 0 Å². The molecule has 0 aromatic heterocycles. The van der Waals surface area contributed by atoms with Gasteiger partial charge in [-0.2, -0.15) is 0 Å². The summed E-state index contributed by atoms with van der Waals surface area (Å²) in [7, 11) is 0. The van der Waals surface area contributed by atoms with Crippen molar-refractivity contribution in [3.63, 3.8) is 0 Å². The Hall–Kier alpha value is -1.88. The van der Waals surface area contributed by atoms with E-state index < -0.39 is 0 Å². The van der Waals surface area contributed by atoms with Crippen molar-refractivity contribution in [2.24, 2.45) is 5.73 Å². The Morgan fingerprint density at radius 2 is 1.95 bits per heavy atom. The molecule has 0 radical (unpaired) electrons. The lowest BCUT2D eigenvalue weighted by atomic mass is 10.1. The van der Waals surface area contributed by atoms with E-state index in [1.54, 1.807) is 24.3 Å². The maximum Gasteiger partial charge on any atom is 0.251 e. The Bertz CT molecular complexity index is 420. The highest BCUT2D eigenvalue weighted by Crippen LogP contribution is 1.99. The fourth-order valence-electron chi connectivity index (χ4n) is 1.83. The molecule has 20 heavy (non-hydrogen) atoms. The Labute approximate surface area is 119 Å². The van der Waals surface area contributed by atoms with Gasteiger partial charge in [-0.05, 0) is 18.6 Å². The van der Waals surface area contributed by atoms with Crippen LogP contribution in [-0.2, 0) is 4.79 Å². The minimum atomic E-state index is -0.251. The first kappa shape index (κ1) is 16.2. The van der Waals surface area contributed by atoms with Gasteiger partial charge in [0.05, 0.1) is 6.54 Å². The second-order valence-corrected chi connectivity index (χ2v) is 4.69. The second kappa shape index (κ2) is 9.09. The van der Waals surface area contributed by atoms with Gasteiger partial charge in [-0.3, -0.25) is 9.59 Å². The molecule has 0 heterocycles. The summed E-state index contributed by atoms with van der Waals surface area (Å²) < 4.78 is 0. The Balaban J connectivity index is 2.34. The average molecular weight is 277 g/mol. The van der Waals surface area contributed by atoms with Crippen LogP contribution in [0.5, 0.6) is 0 Å². The van der Waals surface area contributed by atoms with Crippen molar-refractivity contribution in [2.45, 2.75) is 32.2 Å². The normalized spacial score (nSPS) is 11.7. The van der Waals surface area contributed by atoms with E-state index in [1.165, 1.54) is 0 Å². The first-order chi connectivity index (χ1) is 9.67. The molecule has 110 valence electrons. The van der Waals surface area contributed by atoms with Crippen molar-refractivity contribution in [3.05, 3.63) is 35.9 Å². The highest BCUT2D eigenvalue weighted by molar-refractivity contribution is 5.96. The zero-order valence-electron chi connectivity index (χ0n) is 11.9. The minimum absolute atomic E-state index is 0.0175. The topological polar surface area (TPSA) is 84.2 Å². The van der Waals surface area contributed by atoms with Crippen LogP contribution in [0.4, 0.5) is 0 Å². The third-order valence-corrected chi connectivity index (χ3v) is 3.00. The molecule has 0 saturated heterocycles. The summed E-state index contributed by atoms with van der Waals surface area (Å²) in [6.45, 7) is 2.48. The largest absolute Gasteiger partial charge is 0.351 e. The quantitative estimate of drug-likeness (QED) is 0.664. The van der Waals surface area contributed by atoms with E-state index in [4.69, 9.17) is 5.73 Å². The molecular weight excluding hydrogens is 254 g/mol. The highest BCUT2D eigenvalue weighted by atomic mass is 16.2. The molecule has 5 nitrogen and oxygen atoms in total. The van der Waals surface area contributed by atoms with Gasteiger partial charge in [0, 0.05) is 18.2 Å². The molecular formula is C15H23N3O2. The molecule has 0 spiro atoms. The maximum atomic E-state index is 11.8. The lowest BCUT2D eigenvalue weighted by molar-refractivity contribution is -0.120. The molecule has 0 saturated carbocycles. The molecule has 1 atom stereocenters. The monoisotopic (exact) mass is 277 g/mol. The smallest absolute Gasteiger partial charge is 0.251 e. The third kappa shape index (κ3) is 5.84. The number of hydrogen-bond acceptors (Lipinski definition) is 3. The van der Waals surface area contributed by atoms with Crippen LogP contribution in [0.1, 0.15) is 36.5 Å². The maximum absolute atomic E-state index is 11.8. The van der Waals surface area contributed by atoms with E-state index in [9.17, 15) is 9.59 Å². The van der Waals surface area contributed by atoms with Gasteiger partial charge in [0.15, 0.2) is 0 Å². The molecule has 0 aliphatic heterocycles. The standard InChI is InChI=1S/C15H23N3O2/c1-2-3-9-13(10-16)18-14(19)11-17-15(20)12-7-5-4-6-8-12/h4-8,13H,2-3,9-11,16H2,1H3,(H,17,20)(H,18,19). The van der Waals surface area contributed by atoms with Gasteiger partial charge in [-0.25, -0.2) is 0 Å². The van der Waals surface area contributed by atoms with E-state index in [-0.39, 0.29) is 24.4 Å². The van der Waals surface area contributed by atoms with Gasteiger partial charge < -0.3 is 16.4 Å². The Morgan fingerprint density at radius 1 is 1.25 bits per heavy atom. The van der Waals surface area contributed by atoms with E-state index in [0.29, 0.717) is 12.1 Å². The molecule has 1 aromatic rings. The molecule has 2 amide bonds. The summed E-state index contributed by atoms with van der Waals surface area (Å²) in [6, 6.07) is 8.79. The van der Waals surface area contributed by atoms with Crippen molar-refractivity contribution in [2.75, 3.05) is 13.1 Å². The summed E-state index contributed by atoms with van der Waals surface area (Å²) in [6.07, 6.45) is 2.96. The molecule has 0 fully saturated rings. The summed E-state index contributed by atoms with van der Waals surface area (Å²) in [5.74, 6) is -0.459. The van der Waals surface area contributed by atoms with Crippen LogP contribution in [0.15, 0.2) is 30.3 Å². The zero-order valence-corrected chi connectivity index (χ0v) is 11.9. The lowest BCUT2D eigenvalue weighted by Gasteiger charge is -2.16. The van der Waals surface area contributed by atoms with E-state index in [2.05, 4.69) is 17.6 Å². The first-order valence-electron chi connectivity index (χ1n) is 7.00. The van der Waals surface area contributed by atoms with Gasteiger partial charge in [0.1, 0.15) is 0 Å². The van der Waals surface area contributed by atoms with Crippen molar-refractivity contribution < 1.29 is 9.59 Å². The number of nitrogens with one attached hydrogen (secondary N) is 2. The number of rotatable bonds is 8. The number of carbonyl (C=O) groups excluding carboxylic acids is 2. The SMILES string of the molecule is CCCCC(CN)NC(=O)CNC(=O)c1ccccc1. The molecule has 5 heteroatoms. The van der Waals surface area contributed by atoms with Gasteiger partial charge in [-0.15, -0.1) is 0 Å². The predicted octanol–water partition coefficient (Wildman–Crippen LogP) is 1.05. The number of hydrogen-bond donors (Lipinski definition) is 3. The highest BCUT2D eigenvalue weighted by Gasteiger charge is 2.11. The van der Waals surface area contributed by atoms with Crippen molar-refractivity contribution in [1.82, 2.24) is 10.6 Å². The van der Waals surface area contributed by atoms with E-state index in [1.807, 2.05) is 6.07 Å². The number of unbranched alkanes of at least 4 members (excludes halogenated alkanes) is 1. The molecule has 1 aromatic carbocycles. The number of carbonyl (C=O) groups is 2. The van der Waals surface area contributed by atoms with Crippen LogP contribution in [-0.4, -0.2) is 30.9 Å². The minimum Gasteiger partial charge on any atom is -0.351 e. The fraction of sp³-hybridized carbons (Fsp3) is 0.467. The van der Waals surface area contributed by atoms with E-state index >= 15 is 0 Å². The molecule has 1 unspecified atom stereocenters. The van der Waals surface area contributed by atoms with Crippen LogP contribution in [0.3, 0.4) is 0 Å². The zero-order chi connectivity index (χ0) is 14.8. The third-order valence-electron chi connectivity index (χ3n) is 3.00. The lowest BCUT2D eigenvalue weighted by Crippen LogP contribution is -2.45. The summed E-state index contributed by atoms with van der Waals surface area (Å²) in [5, 5.41) is 5.42. The average Bonchev–Trinajstić information content (AvgIpc) is 2.49. The van der Waals surface area contributed by atoms with Gasteiger partial charge in [0.2, 0.25) is 5.91 Å². The van der Waals surface area contributed by atoms with E-state index in [0.717, 1.165) is 19.3 Å². The molecule has 0 aliphatic carbocycles. The second-order valence-electron chi connectivity index (χ2n) is 4.69. The van der Waals surface area contributed by atoms with Crippen LogP contribution < -0.4 is 16.4 Å². The van der Waals surface area contributed by atoms with Crippen molar-refractivity contribution >= 4 is 11.8 Å².